The van der Waals surface area contributed by atoms with Gasteiger partial charge in [-0.15, -0.1) is 0 Å². The molecule has 1 heterocycles. The molecule has 5 aromatic rings. The summed E-state index contributed by atoms with van der Waals surface area (Å²) in [7, 11) is 0. The quantitative estimate of drug-likeness (QED) is 0.124. The van der Waals surface area contributed by atoms with Crippen LogP contribution in [0.1, 0.15) is 21.7 Å². The predicted molar refractivity (Wildman–Crippen MR) is 145 cm³/mol. The fourth-order valence-electron chi connectivity index (χ4n) is 3.75. The van der Waals surface area contributed by atoms with Crippen LogP contribution in [-0.2, 0) is 6.61 Å². The molecule has 10 heteroatoms. The molecule has 4 aromatic carbocycles. The summed E-state index contributed by atoms with van der Waals surface area (Å²) in [5, 5.41) is 18.0. The van der Waals surface area contributed by atoms with Gasteiger partial charge in [0.15, 0.2) is 11.5 Å². The standard InChI is InChI=1S/C27H17BrClN3O5/c28-22-10-17(11-23(29)26(22)36-15-16-5-6-18-3-1-2-4-19(18)9-16)14-30-31-27(33)25-13-20-12-21(32(34)35)7-8-24(20)37-25/h1-14H,15H2,(H,31,33)/b30-14+. The highest BCUT2D eigenvalue weighted by Crippen LogP contribution is 2.35. The molecule has 0 aliphatic carbocycles. The number of non-ortho nitro benzene ring substituents is 1. The Balaban J connectivity index is 1.24. The summed E-state index contributed by atoms with van der Waals surface area (Å²) in [6.07, 6.45) is 1.43. The molecule has 1 N–H and O–H groups in total. The Bertz CT molecular complexity index is 1680. The Morgan fingerprint density at radius 2 is 1.86 bits per heavy atom. The number of carbonyl (C=O) groups excluding carboxylic acids is 1. The lowest BCUT2D eigenvalue weighted by molar-refractivity contribution is -0.384. The third-order valence-electron chi connectivity index (χ3n) is 5.53. The minimum Gasteiger partial charge on any atom is -0.486 e. The molecule has 0 atom stereocenters. The molecule has 5 rings (SSSR count). The Morgan fingerprint density at radius 1 is 1.05 bits per heavy atom. The van der Waals surface area contributed by atoms with E-state index >= 15 is 0 Å². The van der Waals surface area contributed by atoms with Crippen LogP contribution in [0.4, 0.5) is 5.69 Å². The van der Waals surface area contributed by atoms with E-state index in [4.69, 9.17) is 20.8 Å². The number of hydrogen-bond donors (Lipinski definition) is 1. The van der Waals surface area contributed by atoms with Crippen LogP contribution in [0.15, 0.2) is 92.9 Å². The second kappa shape index (κ2) is 10.4. The second-order valence-electron chi connectivity index (χ2n) is 8.07. The average molecular weight is 579 g/mol. The topological polar surface area (TPSA) is 107 Å². The maximum Gasteiger partial charge on any atom is 0.307 e. The fourth-order valence-corrected chi connectivity index (χ4v) is 4.74. The molecule has 0 bridgehead atoms. The van der Waals surface area contributed by atoms with Gasteiger partial charge in [0.2, 0.25) is 0 Å². The highest BCUT2D eigenvalue weighted by atomic mass is 79.9. The van der Waals surface area contributed by atoms with Crippen molar-refractivity contribution >= 4 is 67.1 Å². The van der Waals surface area contributed by atoms with Crippen LogP contribution in [0.2, 0.25) is 5.02 Å². The van der Waals surface area contributed by atoms with E-state index in [-0.39, 0.29) is 11.4 Å². The molecular weight excluding hydrogens is 562 g/mol. The molecule has 8 nitrogen and oxygen atoms in total. The smallest absolute Gasteiger partial charge is 0.307 e. The highest BCUT2D eigenvalue weighted by Gasteiger charge is 2.15. The van der Waals surface area contributed by atoms with Gasteiger partial charge in [0.1, 0.15) is 12.2 Å². The lowest BCUT2D eigenvalue weighted by Crippen LogP contribution is -2.16. The van der Waals surface area contributed by atoms with Crippen LogP contribution in [0.5, 0.6) is 5.75 Å². The molecule has 0 radical (unpaired) electrons. The van der Waals surface area contributed by atoms with Crippen molar-refractivity contribution in [3.05, 3.63) is 115 Å². The number of rotatable bonds is 7. The van der Waals surface area contributed by atoms with Gasteiger partial charge in [-0.3, -0.25) is 14.9 Å². The SMILES string of the molecule is O=C(N/N=C/c1cc(Cl)c(OCc2ccc3ccccc3c2)c(Br)c1)c1cc2cc([N+](=O)[O-])ccc2o1. The van der Waals surface area contributed by atoms with Gasteiger partial charge < -0.3 is 9.15 Å². The Morgan fingerprint density at radius 3 is 2.65 bits per heavy atom. The zero-order valence-corrected chi connectivity index (χ0v) is 21.3. The molecule has 0 unspecified atom stereocenters. The molecule has 0 fully saturated rings. The molecule has 1 aromatic heterocycles. The number of amides is 1. The Hall–Kier alpha value is -4.21. The van der Waals surface area contributed by atoms with Gasteiger partial charge in [0.05, 0.1) is 20.6 Å². The van der Waals surface area contributed by atoms with E-state index < -0.39 is 10.8 Å². The summed E-state index contributed by atoms with van der Waals surface area (Å²) in [6.45, 7) is 0.341. The number of benzene rings is 4. The lowest BCUT2D eigenvalue weighted by Gasteiger charge is -2.11. The lowest BCUT2D eigenvalue weighted by atomic mass is 10.1. The number of nitrogens with one attached hydrogen (secondary N) is 1. The van der Waals surface area contributed by atoms with Crippen LogP contribution >= 0.6 is 27.5 Å². The van der Waals surface area contributed by atoms with Crippen molar-refractivity contribution in [3.8, 4) is 5.75 Å². The van der Waals surface area contributed by atoms with Crippen molar-refractivity contribution in [3.63, 3.8) is 0 Å². The van der Waals surface area contributed by atoms with Crippen LogP contribution in [0.25, 0.3) is 21.7 Å². The number of furan rings is 1. The summed E-state index contributed by atoms with van der Waals surface area (Å²) in [4.78, 5) is 22.8. The summed E-state index contributed by atoms with van der Waals surface area (Å²) < 4.78 is 12.0. The van der Waals surface area contributed by atoms with Gasteiger partial charge >= 0.3 is 5.91 Å². The van der Waals surface area contributed by atoms with Crippen molar-refractivity contribution in [1.29, 1.82) is 0 Å². The Labute approximate surface area is 223 Å². The van der Waals surface area contributed by atoms with E-state index in [9.17, 15) is 14.9 Å². The number of nitro benzene ring substituents is 1. The first kappa shape index (κ1) is 24.5. The largest absolute Gasteiger partial charge is 0.486 e. The minimum absolute atomic E-state index is 0.0238. The molecule has 0 aliphatic rings. The summed E-state index contributed by atoms with van der Waals surface area (Å²) >= 11 is 9.93. The third-order valence-corrected chi connectivity index (χ3v) is 6.40. The van der Waals surface area contributed by atoms with Gasteiger partial charge in [0, 0.05) is 17.5 Å². The van der Waals surface area contributed by atoms with Crippen molar-refractivity contribution < 1.29 is 18.9 Å². The normalized spacial score (nSPS) is 11.3. The van der Waals surface area contributed by atoms with Crippen molar-refractivity contribution in [2.75, 3.05) is 0 Å². The molecule has 184 valence electrons. The zero-order valence-electron chi connectivity index (χ0n) is 19.0. The van der Waals surface area contributed by atoms with E-state index in [1.54, 1.807) is 12.1 Å². The first-order valence-electron chi connectivity index (χ1n) is 11.0. The molecule has 0 aliphatic heterocycles. The average Bonchev–Trinajstić information content (AvgIpc) is 3.32. The molecule has 1 amide bonds. The second-order valence-corrected chi connectivity index (χ2v) is 9.33. The zero-order chi connectivity index (χ0) is 25.9. The summed E-state index contributed by atoms with van der Waals surface area (Å²) in [5.41, 5.74) is 4.27. The fraction of sp³-hybridized carbons (Fsp3) is 0.0370. The molecule has 0 spiro atoms. The van der Waals surface area contributed by atoms with E-state index in [1.165, 1.54) is 30.5 Å². The van der Waals surface area contributed by atoms with Crippen molar-refractivity contribution in [2.24, 2.45) is 5.10 Å². The van der Waals surface area contributed by atoms with E-state index in [0.29, 0.717) is 38.4 Å². The predicted octanol–water partition coefficient (Wildman–Crippen LogP) is 7.25. The van der Waals surface area contributed by atoms with Gasteiger partial charge in [-0.2, -0.15) is 5.10 Å². The number of ether oxygens (including phenoxy) is 1. The maximum absolute atomic E-state index is 12.4. The van der Waals surface area contributed by atoms with Crippen LogP contribution in [-0.4, -0.2) is 17.0 Å². The summed E-state index contributed by atoms with van der Waals surface area (Å²) in [5.74, 6) is -0.132. The maximum atomic E-state index is 12.4. The number of nitrogens with zero attached hydrogens (tertiary/aromatic N) is 2. The number of hydrogen-bond acceptors (Lipinski definition) is 6. The van der Waals surface area contributed by atoms with E-state index in [2.05, 4.69) is 44.7 Å². The number of hydrazone groups is 1. The van der Waals surface area contributed by atoms with Crippen LogP contribution in [0, 0.1) is 10.1 Å². The first-order chi connectivity index (χ1) is 17.9. The van der Waals surface area contributed by atoms with Gasteiger partial charge in [0.25, 0.3) is 5.69 Å². The highest BCUT2D eigenvalue weighted by molar-refractivity contribution is 9.10. The van der Waals surface area contributed by atoms with Gasteiger partial charge in [-0.1, -0.05) is 48.0 Å². The van der Waals surface area contributed by atoms with Crippen LogP contribution < -0.4 is 10.2 Å². The molecule has 0 saturated heterocycles. The minimum atomic E-state index is -0.601. The molecule has 0 saturated carbocycles. The Kier molecular flexibility index (Phi) is 6.89. The van der Waals surface area contributed by atoms with E-state index in [1.807, 2.05) is 24.3 Å². The van der Waals surface area contributed by atoms with Gasteiger partial charge in [-0.25, -0.2) is 5.43 Å². The number of fused-ring (bicyclic) bond motifs is 2. The molecular formula is C27H17BrClN3O5. The summed E-state index contributed by atoms with van der Waals surface area (Å²) in [6, 6.07) is 23.2. The van der Waals surface area contributed by atoms with Crippen molar-refractivity contribution in [2.45, 2.75) is 6.61 Å². The van der Waals surface area contributed by atoms with Crippen molar-refractivity contribution in [1.82, 2.24) is 5.43 Å². The van der Waals surface area contributed by atoms with Gasteiger partial charge in [-0.05, 0) is 68.2 Å². The molecule has 37 heavy (non-hydrogen) atoms. The monoisotopic (exact) mass is 577 g/mol. The van der Waals surface area contributed by atoms with Crippen LogP contribution in [0.3, 0.4) is 0 Å². The number of carbonyl (C=O) groups is 1. The number of halogens is 2. The first-order valence-corrected chi connectivity index (χ1v) is 12.2. The number of nitro groups is 1. The van der Waals surface area contributed by atoms with E-state index in [0.717, 1.165) is 16.3 Å². The third kappa shape index (κ3) is 5.47.